The largest absolute Gasteiger partial charge is 1.00 e. The van der Waals surface area contributed by atoms with Crippen molar-refractivity contribution in [3.8, 4) is 0 Å². The molecule has 0 atom stereocenters. The molecule has 0 saturated carbocycles. The van der Waals surface area contributed by atoms with Gasteiger partial charge in [-0.2, -0.15) is 0 Å². The maximum Gasteiger partial charge on any atom is 1.00 e. The van der Waals surface area contributed by atoms with Gasteiger partial charge in [0.15, 0.2) is 11.2 Å². The van der Waals surface area contributed by atoms with Crippen LogP contribution in [0.25, 0.3) is 21.9 Å². The van der Waals surface area contributed by atoms with E-state index in [4.69, 9.17) is 4.42 Å². The van der Waals surface area contributed by atoms with E-state index >= 15 is 0 Å². The maximum atomic E-state index is 12.3. The number of nitrogens with zero attached hydrogens (tertiary/aromatic N) is 1. The normalized spacial score (nSPS) is 10.3. The van der Waals surface area contributed by atoms with Crippen molar-refractivity contribution in [2.45, 2.75) is 19.8 Å². The molecule has 2 heterocycles. The molecule has 0 saturated heterocycles. The van der Waals surface area contributed by atoms with Gasteiger partial charge in [-0.25, -0.2) is 4.98 Å². The van der Waals surface area contributed by atoms with Gasteiger partial charge in [0, 0.05) is 21.5 Å². The summed E-state index contributed by atoms with van der Waals surface area (Å²) < 4.78 is 5.79. The van der Waals surface area contributed by atoms with Crippen LogP contribution in [0.4, 0.5) is 0 Å². The molecule has 3 rings (SSSR count). The summed E-state index contributed by atoms with van der Waals surface area (Å²) in [5.41, 5.74) is 0.0154. The van der Waals surface area contributed by atoms with Crippen LogP contribution in [0.2, 0.25) is 0 Å². The third-order valence-corrected chi connectivity index (χ3v) is 4.41. The summed E-state index contributed by atoms with van der Waals surface area (Å²) in [4.78, 5) is 38.6. The number of carbonyl (C=O) groups is 2. The maximum absolute atomic E-state index is 12.3. The van der Waals surface area contributed by atoms with Crippen LogP contribution in [0.3, 0.4) is 0 Å². The summed E-state index contributed by atoms with van der Waals surface area (Å²) in [6.07, 6.45) is 1.05. The summed E-state index contributed by atoms with van der Waals surface area (Å²) in [5.74, 6) is -3.65. The zero-order chi connectivity index (χ0) is 18.3. The fourth-order valence-corrected chi connectivity index (χ4v) is 3.21. The second-order valence-electron chi connectivity index (χ2n) is 5.42. The monoisotopic (exact) mass is 449 g/mol. The third-order valence-electron chi connectivity index (χ3n) is 3.75. The molecule has 3 aromatic rings. The molecule has 0 spiro atoms. The Morgan fingerprint density at radius 3 is 2.33 bits per heavy atom. The molecule has 0 bridgehead atoms. The van der Waals surface area contributed by atoms with Gasteiger partial charge in [-0.3, -0.25) is 4.79 Å². The van der Waals surface area contributed by atoms with Crippen LogP contribution in [-0.4, -0.2) is 16.9 Å². The van der Waals surface area contributed by atoms with Gasteiger partial charge >= 0.3 is 59.1 Å². The van der Waals surface area contributed by atoms with E-state index in [-0.39, 0.29) is 75.8 Å². The number of carbonyl (C=O) groups excluding carboxylic acids is 2. The predicted octanol–water partition coefficient (Wildman–Crippen LogP) is -5.21. The zero-order valence-corrected chi connectivity index (χ0v) is 20.5. The molecule has 0 aliphatic heterocycles. The van der Waals surface area contributed by atoms with Crippen LogP contribution in [0, 0.1) is 0 Å². The van der Waals surface area contributed by atoms with Crippen LogP contribution in [0.5, 0.6) is 0 Å². The number of benzene rings is 1. The first kappa shape index (κ1) is 24.3. The Balaban J connectivity index is 0.00000182. The molecular formula is C17H10BrNNa2O6. The molecule has 0 radical (unpaired) electrons. The van der Waals surface area contributed by atoms with E-state index in [0.717, 1.165) is 6.07 Å². The van der Waals surface area contributed by atoms with Crippen molar-refractivity contribution >= 4 is 49.7 Å². The molecule has 27 heavy (non-hydrogen) atoms. The molecule has 1 aromatic carbocycles. The second-order valence-corrected chi connectivity index (χ2v) is 6.27. The Morgan fingerprint density at radius 1 is 1.11 bits per heavy atom. The third kappa shape index (κ3) is 4.64. The molecule has 0 N–H and O–H groups in total. The van der Waals surface area contributed by atoms with Gasteiger partial charge in [0.05, 0.1) is 22.6 Å². The molecule has 128 valence electrons. The minimum absolute atomic E-state index is 0. The number of hydrogen-bond acceptors (Lipinski definition) is 7. The number of pyridine rings is 1. The van der Waals surface area contributed by atoms with Gasteiger partial charge < -0.3 is 24.2 Å². The second kappa shape index (κ2) is 9.65. The van der Waals surface area contributed by atoms with Crippen molar-refractivity contribution < 1.29 is 83.3 Å². The first-order chi connectivity index (χ1) is 11.8. The number of hydrogen-bond donors (Lipinski definition) is 0. The van der Waals surface area contributed by atoms with Crippen molar-refractivity contribution in [1.82, 2.24) is 4.98 Å². The van der Waals surface area contributed by atoms with Crippen molar-refractivity contribution in [3.05, 3.63) is 49.9 Å². The number of aryl methyl sites for hydroxylation is 1. The SMILES string of the molecule is CCCc1c2nc(C(=O)[O-])cc(Br)c2cc2c(=O)cc(C(=O)[O-])oc12.[Na+].[Na+]. The number of aromatic nitrogens is 1. The van der Waals surface area contributed by atoms with Crippen LogP contribution in [0.1, 0.15) is 40.0 Å². The average Bonchev–Trinajstić information content (AvgIpc) is 2.55. The number of rotatable bonds is 4. The van der Waals surface area contributed by atoms with E-state index < -0.39 is 23.1 Å². The molecular weight excluding hydrogens is 440 g/mol. The van der Waals surface area contributed by atoms with Crippen LogP contribution >= 0.6 is 15.9 Å². The minimum Gasteiger partial charge on any atom is -0.543 e. The summed E-state index contributed by atoms with van der Waals surface area (Å²) in [6, 6.07) is 3.64. The molecule has 0 aliphatic rings. The van der Waals surface area contributed by atoms with Crippen LogP contribution < -0.4 is 74.8 Å². The van der Waals surface area contributed by atoms with Crippen molar-refractivity contribution in [2.75, 3.05) is 0 Å². The Bertz CT molecular complexity index is 1110. The first-order valence-electron chi connectivity index (χ1n) is 7.36. The predicted molar refractivity (Wildman–Crippen MR) is 88.1 cm³/mol. The quantitative estimate of drug-likeness (QED) is 0.288. The number of fused-ring (bicyclic) bond motifs is 2. The van der Waals surface area contributed by atoms with Gasteiger partial charge in [0.1, 0.15) is 11.6 Å². The number of carboxylic acid groups (broad SMARTS) is 2. The van der Waals surface area contributed by atoms with Crippen molar-refractivity contribution in [3.63, 3.8) is 0 Å². The van der Waals surface area contributed by atoms with Gasteiger partial charge in [0.25, 0.3) is 0 Å². The van der Waals surface area contributed by atoms with Gasteiger partial charge in [-0.15, -0.1) is 0 Å². The minimum atomic E-state index is -1.61. The van der Waals surface area contributed by atoms with E-state index in [1.54, 1.807) is 0 Å². The molecule has 0 fully saturated rings. The van der Waals surface area contributed by atoms with E-state index in [1.165, 1.54) is 12.1 Å². The smallest absolute Gasteiger partial charge is 0.543 e. The first-order valence-corrected chi connectivity index (χ1v) is 8.15. The van der Waals surface area contributed by atoms with Crippen LogP contribution in [0.15, 0.2) is 31.9 Å². The molecule has 10 heteroatoms. The fourth-order valence-electron chi connectivity index (χ4n) is 2.69. The van der Waals surface area contributed by atoms with Gasteiger partial charge in [-0.1, -0.05) is 29.3 Å². The number of carboxylic acids is 2. The summed E-state index contributed by atoms with van der Waals surface area (Å²) in [6.45, 7) is 1.88. The zero-order valence-electron chi connectivity index (χ0n) is 14.9. The Morgan fingerprint density at radius 2 is 1.78 bits per heavy atom. The molecule has 0 unspecified atom stereocenters. The number of halogens is 1. The molecule has 0 amide bonds. The van der Waals surface area contributed by atoms with E-state index in [0.29, 0.717) is 33.8 Å². The Labute approximate surface area is 205 Å². The van der Waals surface area contributed by atoms with Gasteiger partial charge in [0.2, 0.25) is 0 Å². The molecule has 7 nitrogen and oxygen atoms in total. The van der Waals surface area contributed by atoms with E-state index in [2.05, 4.69) is 20.9 Å². The van der Waals surface area contributed by atoms with Crippen LogP contribution in [-0.2, 0) is 6.42 Å². The summed E-state index contributed by atoms with van der Waals surface area (Å²) in [5, 5.41) is 23.0. The fraction of sp³-hybridized carbons (Fsp3) is 0.176. The standard InChI is InChI=1S/C17H12BrNO6.2Na/c1-2-3-7-14-8(10(18)5-11(19-14)16(21)22)4-9-12(20)6-13(17(23)24)25-15(7)9;;/h4-6H,2-3H2,1H3,(H,21,22)(H,23,24);;/q;2*+1/p-2. The topological polar surface area (TPSA) is 123 Å². The van der Waals surface area contributed by atoms with E-state index in [9.17, 15) is 24.6 Å². The summed E-state index contributed by atoms with van der Waals surface area (Å²) >= 11 is 3.28. The average molecular weight is 450 g/mol. The summed E-state index contributed by atoms with van der Waals surface area (Å²) in [7, 11) is 0. The number of aromatic carboxylic acids is 2. The molecule has 0 aliphatic carbocycles. The molecule has 2 aromatic heterocycles. The van der Waals surface area contributed by atoms with Crippen molar-refractivity contribution in [2.24, 2.45) is 0 Å². The Kier molecular flexibility index (Phi) is 8.68. The van der Waals surface area contributed by atoms with Crippen molar-refractivity contribution in [1.29, 1.82) is 0 Å². The van der Waals surface area contributed by atoms with Gasteiger partial charge in [-0.05, 0) is 18.6 Å². The Hall–Kier alpha value is -0.740. The van der Waals surface area contributed by atoms with E-state index in [1.807, 2.05) is 6.92 Å².